The van der Waals surface area contributed by atoms with Gasteiger partial charge >= 0.3 is 0 Å². The number of benzene rings is 1. The number of pyridine rings is 1. The molecule has 4 N–H and O–H groups in total. The van der Waals surface area contributed by atoms with Gasteiger partial charge in [0.15, 0.2) is 5.65 Å². The molecule has 0 bridgehead atoms. The Morgan fingerprint density at radius 2 is 1.86 bits per heavy atom. The van der Waals surface area contributed by atoms with E-state index in [1.54, 1.807) is 10.7 Å². The van der Waals surface area contributed by atoms with Gasteiger partial charge in [-0.15, -0.1) is 0 Å². The van der Waals surface area contributed by atoms with Gasteiger partial charge in [-0.3, -0.25) is 9.78 Å². The Morgan fingerprint density at radius 1 is 1.11 bits per heavy atom. The number of nitrogens with zero attached hydrogens (tertiary/aromatic N) is 4. The van der Waals surface area contributed by atoms with Crippen molar-refractivity contribution in [3.05, 3.63) is 60.6 Å². The number of hydrogen-bond acceptors (Lipinski definition) is 6. The molecule has 0 aliphatic heterocycles. The molecule has 9 heteroatoms. The van der Waals surface area contributed by atoms with E-state index in [9.17, 15) is 9.90 Å². The van der Waals surface area contributed by atoms with E-state index in [1.165, 1.54) is 6.92 Å². The Balaban J connectivity index is 1.42. The molecule has 1 amide bonds. The Bertz CT molecular complexity index is 1350. The van der Waals surface area contributed by atoms with Gasteiger partial charge in [-0.1, -0.05) is 36.4 Å². The number of nitrogen functional groups attached to an aromatic ring is 1. The average molecular weight is 466 g/mol. The van der Waals surface area contributed by atoms with Crippen LogP contribution in [0.25, 0.3) is 28.0 Å². The van der Waals surface area contributed by atoms with E-state index in [1.807, 2.05) is 48.7 Å². The minimum Gasteiger partial charge on any atom is -0.384 e. The fourth-order valence-corrected chi connectivity index (χ4v) is 4.73. The summed E-state index contributed by atoms with van der Waals surface area (Å²) in [6.45, 7) is 1.47. The molecular weight excluding hydrogens is 439 g/mol. The van der Waals surface area contributed by atoms with Crippen molar-refractivity contribution in [3.63, 3.8) is 0 Å². The SMILES string of the molecule is [B]c1c(C2CCC(NC(=O)[C@@H](C)O)CC2)nc2c(-c3ccc(-c4ccccc4)nc3)cnn2c1N. The minimum absolute atomic E-state index is 0.0374. The summed E-state index contributed by atoms with van der Waals surface area (Å²) in [5.41, 5.74) is 11.9. The first-order valence-electron chi connectivity index (χ1n) is 11.8. The van der Waals surface area contributed by atoms with Crippen LogP contribution in [0, 0.1) is 0 Å². The largest absolute Gasteiger partial charge is 0.384 e. The van der Waals surface area contributed by atoms with Crippen molar-refractivity contribution in [2.24, 2.45) is 0 Å². The van der Waals surface area contributed by atoms with Gasteiger partial charge in [0.2, 0.25) is 5.91 Å². The highest BCUT2D eigenvalue weighted by Gasteiger charge is 2.28. The first-order valence-corrected chi connectivity index (χ1v) is 11.8. The van der Waals surface area contributed by atoms with Crippen molar-refractivity contribution in [1.29, 1.82) is 0 Å². The fraction of sp³-hybridized carbons (Fsp3) is 0.308. The smallest absolute Gasteiger partial charge is 0.248 e. The highest BCUT2D eigenvalue weighted by Crippen LogP contribution is 2.33. The molecule has 0 spiro atoms. The third-order valence-electron chi connectivity index (χ3n) is 6.73. The predicted octanol–water partition coefficient (Wildman–Crippen LogP) is 2.36. The fourth-order valence-electron chi connectivity index (χ4n) is 4.73. The molecule has 0 unspecified atom stereocenters. The van der Waals surface area contributed by atoms with Crippen molar-refractivity contribution in [2.75, 3.05) is 5.73 Å². The minimum atomic E-state index is -1.01. The summed E-state index contributed by atoms with van der Waals surface area (Å²) in [7, 11) is 6.40. The second-order valence-corrected chi connectivity index (χ2v) is 9.12. The number of aromatic nitrogens is 4. The standard InChI is InChI=1S/C26H27BN6O2/c1-15(34)26(35)31-19-10-7-17(8-11-19)23-22(27)24(28)33-25(32-23)20(14-30-33)18-9-12-21(29-13-18)16-5-3-2-4-6-16/h2-6,9,12-15,17,19,34H,7-8,10-11,28H2,1H3,(H,31,35)/t15-,17?,19?/m1/s1. The van der Waals surface area contributed by atoms with Gasteiger partial charge in [-0.05, 0) is 44.1 Å². The summed E-state index contributed by atoms with van der Waals surface area (Å²) in [6, 6.07) is 14.0. The molecule has 1 aliphatic rings. The number of hydrogen-bond donors (Lipinski definition) is 3. The van der Waals surface area contributed by atoms with Gasteiger partial charge in [-0.2, -0.15) is 9.61 Å². The van der Waals surface area contributed by atoms with Crippen LogP contribution in [0.2, 0.25) is 0 Å². The van der Waals surface area contributed by atoms with E-state index in [-0.39, 0.29) is 17.9 Å². The summed E-state index contributed by atoms with van der Waals surface area (Å²) in [4.78, 5) is 21.4. The number of nitrogens with one attached hydrogen (secondary N) is 1. The van der Waals surface area contributed by atoms with Gasteiger partial charge in [0.25, 0.3) is 0 Å². The normalized spacial score (nSPS) is 18.9. The maximum absolute atomic E-state index is 11.8. The average Bonchev–Trinajstić information content (AvgIpc) is 3.31. The molecule has 1 atom stereocenters. The van der Waals surface area contributed by atoms with E-state index in [0.717, 1.165) is 53.8 Å². The molecule has 1 fully saturated rings. The van der Waals surface area contributed by atoms with Crippen LogP contribution in [0.5, 0.6) is 0 Å². The van der Waals surface area contributed by atoms with E-state index in [0.29, 0.717) is 16.9 Å². The zero-order valence-electron chi connectivity index (χ0n) is 19.6. The Kier molecular flexibility index (Phi) is 6.26. The Morgan fingerprint density at radius 3 is 2.51 bits per heavy atom. The molecule has 5 rings (SSSR count). The lowest BCUT2D eigenvalue weighted by atomic mass is 9.79. The third kappa shape index (κ3) is 4.51. The van der Waals surface area contributed by atoms with Gasteiger partial charge in [0.1, 0.15) is 19.8 Å². The van der Waals surface area contributed by atoms with E-state index in [2.05, 4.69) is 15.4 Å². The van der Waals surface area contributed by atoms with Crippen molar-refractivity contribution in [2.45, 2.75) is 50.7 Å². The number of carbonyl (C=O) groups is 1. The van der Waals surface area contributed by atoms with Gasteiger partial charge in [-0.25, -0.2) is 4.98 Å². The van der Waals surface area contributed by atoms with E-state index >= 15 is 0 Å². The highest BCUT2D eigenvalue weighted by atomic mass is 16.3. The first kappa shape index (κ1) is 23.0. The van der Waals surface area contributed by atoms with Gasteiger partial charge in [0.05, 0.1) is 11.9 Å². The van der Waals surface area contributed by atoms with Crippen LogP contribution >= 0.6 is 0 Å². The lowest BCUT2D eigenvalue weighted by molar-refractivity contribution is -0.129. The zero-order valence-corrected chi connectivity index (χ0v) is 19.6. The maximum atomic E-state index is 11.8. The molecule has 4 aromatic rings. The first-order chi connectivity index (χ1) is 16.9. The second kappa shape index (κ2) is 9.50. The van der Waals surface area contributed by atoms with Crippen LogP contribution in [0.1, 0.15) is 44.2 Å². The monoisotopic (exact) mass is 466 g/mol. The molecule has 0 saturated heterocycles. The molecule has 176 valence electrons. The molecule has 1 aliphatic carbocycles. The number of aliphatic hydroxyl groups is 1. The summed E-state index contributed by atoms with van der Waals surface area (Å²) >= 11 is 0. The zero-order chi connectivity index (χ0) is 24.5. The van der Waals surface area contributed by atoms with Crippen LogP contribution < -0.4 is 16.5 Å². The lowest BCUT2D eigenvalue weighted by Gasteiger charge is -2.30. The third-order valence-corrected chi connectivity index (χ3v) is 6.73. The number of nitrogens with two attached hydrogens (primary N) is 1. The molecule has 1 saturated carbocycles. The number of carbonyl (C=O) groups excluding carboxylic acids is 1. The molecule has 3 aromatic heterocycles. The van der Waals surface area contributed by atoms with Crippen LogP contribution in [0.4, 0.5) is 5.82 Å². The summed E-state index contributed by atoms with van der Waals surface area (Å²) in [5, 5.41) is 16.8. The number of anilines is 1. The number of rotatable bonds is 5. The van der Waals surface area contributed by atoms with Crippen molar-refractivity contribution >= 4 is 30.7 Å². The van der Waals surface area contributed by atoms with Gasteiger partial charge < -0.3 is 16.2 Å². The van der Waals surface area contributed by atoms with Crippen molar-refractivity contribution in [1.82, 2.24) is 24.9 Å². The maximum Gasteiger partial charge on any atom is 0.248 e. The van der Waals surface area contributed by atoms with E-state index in [4.69, 9.17) is 18.6 Å². The summed E-state index contributed by atoms with van der Waals surface area (Å²) in [6.07, 6.45) is 5.75. The molecule has 35 heavy (non-hydrogen) atoms. The Hall–Kier alpha value is -3.72. The van der Waals surface area contributed by atoms with Crippen LogP contribution in [-0.4, -0.2) is 50.6 Å². The second-order valence-electron chi connectivity index (χ2n) is 9.12. The quantitative estimate of drug-likeness (QED) is 0.389. The predicted molar refractivity (Wildman–Crippen MR) is 136 cm³/mol. The van der Waals surface area contributed by atoms with Crippen LogP contribution in [0.15, 0.2) is 54.9 Å². The van der Waals surface area contributed by atoms with Crippen LogP contribution in [0.3, 0.4) is 0 Å². The molecule has 8 nitrogen and oxygen atoms in total. The topological polar surface area (TPSA) is 118 Å². The molecule has 3 heterocycles. The molecule has 1 aromatic carbocycles. The van der Waals surface area contributed by atoms with E-state index < -0.39 is 6.10 Å². The molecule has 2 radical (unpaired) electrons. The van der Waals surface area contributed by atoms with Gasteiger partial charge in [0, 0.05) is 40.5 Å². The van der Waals surface area contributed by atoms with Crippen molar-refractivity contribution < 1.29 is 9.90 Å². The lowest BCUT2D eigenvalue weighted by Crippen LogP contribution is -2.42. The summed E-state index contributed by atoms with van der Waals surface area (Å²) in [5.74, 6) is 0.158. The summed E-state index contributed by atoms with van der Waals surface area (Å²) < 4.78 is 1.58. The molecular formula is C26H27BN6O2. The number of aliphatic hydroxyl groups excluding tert-OH is 1. The number of fused-ring (bicyclic) bond motifs is 1. The van der Waals surface area contributed by atoms with Crippen molar-refractivity contribution in [3.8, 4) is 22.4 Å². The number of amides is 1. The van der Waals surface area contributed by atoms with Crippen LogP contribution in [-0.2, 0) is 4.79 Å². The highest BCUT2D eigenvalue weighted by molar-refractivity contribution is 6.36. The Labute approximate surface area is 205 Å².